The van der Waals surface area contributed by atoms with Crippen molar-refractivity contribution in [2.75, 3.05) is 49.4 Å². The summed E-state index contributed by atoms with van der Waals surface area (Å²) in [6.07, 6.45) is 1.40. The van der Waals surface area contributed by atoms with Gasteiger partial charge in [-0.2, -0.15) is 0 Å². The monoisotopic (exact) mass is 652 g/mol. The Labute approximate surface area is 255 Å². The van der Waals surface area contributed by atoms with E-state index in [0.717, 1.165) is 0 Å². The Hall–Kier alpha value is -2.97. The number of benzene rings is 3. The van der Waals surface area contributed by atoms with Crippen LogP contribution in [0.3, 0.4) is 0 Å². The van der Waals surface area contributed by atoms with Crippen LogP contribution < -0.4 is 10.0 Å². The number of halogens is 2. The number of aliphatic hydroxyl groups excluding tert-OH is 1. The number of hydrogen-bond donors (Lipinski definition) is 3. The topological polar surface area (TPSA) is 136 Å². The average Bonchev–Trinajstić information content (AvgIpc) is 2.96. The summed E-state index contributed by atoms with van der Waals surface area (Å²) >= 11 is 12.0. The van der Waals surface area contributed by atoms with Crippen LogP contribution in [0.15, 0.2) is 89.2 Å². The normalized spacial score (nSPS) is 15.6. The number of sulfonamides is 1. The molecule has 1 aliphatic rings. The summed E-state index contributed by atoms with van der Waals surface area (Å²) in [7, 11) is -7.86. The van der Waals surface area contributed by atoms with Gasteiger partial charge in [-0.05, 0) is 66.7 Å². The van der Waals surface area contributed by atoms with E-state index in [2.05, 4.69) is 21.5 Å². The molecule has 1 aliphatic heterocycles. The lowest BCUT2D eigenvalue weighted by Crippen LogP contribution is -2.52. The Morgan fingerprint density at radius 3 is 2.10 bits per heavy atom. The van der Waals surface area contributed by atoms with E-state index in [1.807, 2.05) is 4.90 Å². The van der Waals surface area contributed by atoms with Crippen molar-refractivity contribution in [3.8, 4) is 0 Å². The number of sulfone groups is 1. The predicted molar refractivity (Wildman–Crippen MR) is 164 cm³/mol. The highest BCUT2D eigenvalue weighted by Gasteiger charge is 2.32. The molecular weight excluding hydrogens is 623 g/mol. The fourth-order valence-corrected chi connectivity index (χ4v) is 7.56. The van der Waals surface area contributed by atoms with E-state index < -0.39 is 31.1 Å². The van der Waals surface area contributed by atoms with E-state index in [4.69, 9.17) is 28.3 Å². The maximum Gasteiger partial charge on any atom is 0.261 e. The van der Waals surface area contributed by atoms with E-state index in [-0.39, 0.29) is 32.7 Å². The van der Waals surface area contributed by atoms with E-state index in [0.29, 0.717) is 43.4 Å². The molecule has 1 atom stereocenters. The van der Waals surface area contributed by atoms with Gasteiger partial charge < -0.3 is 10.4 Å². The number of hydrogen-bond acceptors (Lipinski definition) is 8. The minimum atomic E-state index is -4.04. The van der Waals surface area contributed by atoms with Crippen LogP contribution in [-0.4, -0.2) is 82.4 Å². The van der Waals surface area contributed by atoms with Gasteiger partial charge in [0.2, 0.25) is 0 Å². The zero-order chi connectivity index (χ0) is 30.5. The molecule has 0 aromatic heterocycles. The summed E-state index contributed by atoms with van der Waals surface area (Å²) < 4.78 is 55.1. The van der Waals surface area contributed by atoms with Gasteiger partial charge >= 0.3 is 0 Å². The highest BCUT2D eigenvalue weighted by molar-refractivity contribution is 7.92. The first-order valence-corrected chi connectivity index (χ1v) is 16.7. The number of nitrogens with one attached hydrogen (secondary N) is 2. The fraction of sp³-hybridized carbons (Fsp3) is 0.250. The Morgan fingerprint density at radius 2 is 1.50 bits per heavy atom. The molecule has 1 amide bonds. The lowest BCUT2D eigenvalue weighted by molar-refractivity contribution is 0.102. The molecule has 0 bridgehead atoms. The number of rotatable bonds is 11. The van der Waals surface area contributed by atoms with Gasteiger partial charge in [0.05, 0.1) is 27.6 Å². The standard InChI is InChI=1S/C28H30Cl2N4O6S2/c1-2-27(34-15-13-33(14-16-34)17-18-35)41(37,38)23-10-6-22(7-11-23)31-28(36)25-19-21(30)5-12-26(25)32-42(39,40)24-8-3-20(29)4-9-24/h2-12,19,27,32,35H,1,13-18H2,(H,31,36). The second-order valence-corrected chi connectivity index (χ2v) is 14.1. The van der Waals surface area contributed by atoms with Gasteiger partial charge in [0.25, 0.3) is 15.9 Å². The molecule has 0 aliphatic carbocycles. The maximum atomic E-state index is 13.4. The summed E-state index contributed by atoms with van der Waals surface area (Å²) in [6, 6.07) is 15.4. The van der Waals surface area contributed by atoms with Gasteiger partial charge in [-0.15, -0.1) is 6.58 Å². The summed E-state index contributed by atoms with van der Waals surface area (Å²) in [5.74, 6) is -0.661. The number of β-amino-alcohol motifs (C(OH)–C–C–N with tert-alkyl or cyclic N) is 1. The van der Waals surface area contributed by atoms with Crippen molar-refractivity contribution in [2.45, 2.75) is 15.2 Å². The molecule has 0 saturated carbocycles. The number of amides is 1. The predicted octanol–water partition coefficient (Wildman–Crippen LogP) is 3.94. The minimum Gasteiger partial charge on any atom is -0.395 e. The number of anilines is 2. The zero-order valence-electron chi connectivity index (χ0n) is 22.4. The number of aliphatic hydroxyl groups is 1. The second-order valence-electron chi connectivity index (χ2n) is 9.50. The number of nitrogens with zero attached hydrogens (tertiary/aromatic N) is 2. The SMILES string of the molecule is C=CC(N1CCN(CCO)CC1)S(=O)(=O)c1ccc(NC(=O)c2cc(Cl)ccc2NS(=O)(=O)c2ccc(Cl)cc2)cc1. The highest BCUT2D eigenvalue weighted by Crippen LogP contribution is 2.27. The van der Waals surface area contributed by atoms with E-state index >= 15 is 0 Å². The van der Waals surface area contributed by atoms with Crippen molar-refractivity contribution in [1.82, 2.24) is 9.80 Å². The first kappa shape index (κ1) is 32.0. The van der Waals surface area contributed by atoms with Crippen LogP contribution in [0.5, 0.6) is 0 Å². The quantitative estimate of drug-likeness (QED) is 0.265. The molecule has 1 heterocycles. The molecule has 10 nitrogen and oxygen atoms in total. The van der Waals surface area contributed by atoms with Gasteiger partial charge in [0.15, 0.2) is 9.84 Å². The first-order chi connectivity index (χ1) is 19.9. The minimum absolute atomic E-state index is 0.000964. The van der Waals surface area contributed by atoms with Crippen LogP contribution >= 0.6 is 23.2 Å². The van der Waals surface area contributed by atoms with Crippen LogP contribution in [0.4, 0.5) is 11.4 Å². The third kappa shape index (κ3) is 7.51. The third-order valence-electron chi connectivity index (χ3n) is 6.74. The molecule has 1 unspecified atom stereocenters. The van der Waals surface area contributed by atoms with Gasteiger partial charge in [-0.3, -0.25) is 19.3 Å². The number of piperazine rings is 1. The molecule has 1 saturated heterocycles. The highest BCUT2D eigenvalue weighted by atomic mass is 35.5. The molecule has 3 aromatic rings. The van der Waals surface area contributed by atoms with Crippen LogP contribution in [0.2, 0.25) is 10.0 Å². The molecule has 3 aromatic carbocycles. The van der Waals surface area contributed by atoms with Gasteiger partial charge in [-0.25, -0.2) is 16.8 Å². The molecule has 224 valence electrons. The van der Waals surface area contributed by atoms with Crippen molar-refractivity contribution >= 4 is 60.3 Å². The number of carbonyl (C=O) groups excluding carboxylic acids is 1. The molecule has 0 spiro atoms. The van der Waals surface area contributed by atoms with Crippen LogP contribution in [0, 0.1) is 0 Å². The Balaban J connectivity index is 1.49. The largest absolute Gasteiger partial charge is 0.395 e. The van der Waals surface area contributed by atoms with Crippen molar-refractivity contribution in [3.63, 3.8) is 0 Å². The molecule has 42 heavy (non-hydrogen) atoms. The lowest BCUT2D eigenvalue weighted by atomic mass is 10.1. The average molecular weight is 654 g/mol. The Kier molecular flexibility index (Phi) is 10.3. The van der Waals surface area contributed by atoms with Crippen LogP contribution in [0.1, 0.15) is 10.4 Å². The van der Waals surface area contributed by atoms with Crippen molar-refractivity contribution in [1.29, 1.82) is 0 Å². The van der Waals surface area contributed by atoms with E-state index in [1.165, 1.54) is 72.8 Å². The fourth-order valence-electron chi connectivity index (χ4n) is 4.53. The van der Waals surface area contributed by atoms with Gasteiger partial charge in [0, 0.05) is 48.5 Å². The molecule has 3 N–H and O–H groups in total. The maximum absolute atomic E-state index is 13.4. The first-order valence-electron chi connectivity index (χ1n) is 12.9. The summed E-state index contributed by atoms with van der Waals surface area (Å²) in [5, 5.41) is 11.5. The third-order valence-corrected chi connectivity index (χ3v) is 10.7. The molecule has 1 fully saturated rings. The summed E-state index contributed by atoms with van der Waals surface area (Å²) in [5.41, 5.74) is 0.251. The van der Waals surface area contributed by atoms with Crippen molar-refractivity contribution < 1.29 is 26.7 Å². The summed E-state index contributed by atoms with van der Waals surface area (Å²) in [6.45, 7) is 6.60. The van der Waals surface area contributed by atoms with E-state index in [9.17, 15) is 21.6 Å². The molecule has 0 radical (unpaired) electrons. The molecular formula is C28H30Cl2N4O6S2. The summed E-state index contributed by atoms with van der Waals surface area (Å²) in [4.78, 5) is 17.1. The lowest BCUT2D eigenvalue weighted by Gasteiger charge is -2.37. The van der Waals surface area contributed by atoms with Crippen molar-refractivity contribution in [2.24, 2.45) is 0 Å². The van der Waals surface area contributed by atoms with Gasteiger partial charge in [-0.1, -0.05) is 29.3 Å². The molecule has 14 heteroatoms. The zero-order valence-corrected chi connectivity index (χ0v) is 25.6. The smallest absolute Gasteiger partial charge is 0.261 e. The second kappa shape index (κ2) is 13.6. The van der Waals surface area contributed by atoms with Crippen molar-refractivity contribution in [3.05, 3.63) is 95.0 Å². The molecule has 4 rings (SSSR count). The van der Waals surface area contributed by atoms with Crippen LogP contribution in [0.25, 0.3) is 0 Å². The van der Waals surface area contributed by atoms with E-state index in [1.54, 1.807) is 0 Å². The number of carbonyl (C=O) groups is 1. The van der Waals surface area contributed by atoms with Crippen LogP contribution in [-0.2, 0) is 19.9 Å². The van der Waals surface area contributed by atoms with Gasteiger partial charge in [0.1, 0.15) is 5.37 Å². The Bertz CT molecular complexity index is 1640. The Morgan fingerprint density at radius 1 is 0.905 bits per heavy atom.